The maximum Gasteiger partial charge on any atom is 0.123 e. The zero-order valence-electron chi connectivity index (χ0n) is 15.2. The summed E-state index contributed by atoms with van der Waals surface area (Å²) in [5.74, 6) is -0.262. The molecule has 2 N–H and O–H groups in total. The number of hydrogen-bond acceptors (Lipinski definition) is 3. The molecule has 0 spiro atoms. The van der Waals surface area contributed by atoms with Crippen LogP contribution >= 0.6 is 0 Å². The Morgan fingerprint density at radius 3 is 2.80 bits per heavy atom. The topological polar surface area (TPSA) is 35.5 Å². The van der Waals surface area contributed by atoms with Crippen molar-refractivity contribution in [2.75, 3.05) is 26.7 Å². The smallest absolute Gasteiger partial charge is 0.123 e. The zero-order valence-corrected chi connectivity index (χ0v) is 15.2. The first-order valence-corrected chi connectivity index (χ1v) is 8.59. The van der Waals surface area contributed by atoms with E-state index in [2.05, 4.69) is 48.2 Å². The second-order valence-corrected chi connectivity index (χ2v) is 6.18. The van der Waals surface area contributed by atoms with E-state index in [0.29, 0.717) is 6.54 Å². The van der Waals surface area contributed by atoms with Gasteiger partial charge in [0.05, 0.1) is 12.1 Å². The van der Waals surface area contributed by atoms with Crippen LogP contribution in [0.3, 0.4) is 0 Å². The Morgan fingerprint density at radius 2 is 2.12 bits per heavy atom. The number of aliphatic hydroxyl groups is 1. The summed E-state index contributed by atoms with van der Waals surface area (Å²) in [6.45, 7) is 4.21. The lowest BCUT2D eigenvalue weighted by atomic mass is 9.98. The van der Waals surface area contributed by atoms with E-state index < -0.39 is 6.10 Å². The molecule has 4 heteroatoms. The molecule has 1 aliphatic heterocycles. The van der Waals surface area contributed by atoms with Crippen LogP contribution in [0.4, 0.5) is 4.39 Å². The third-order valence-electron chi connectivity index (χ3n) is 4.15. The van der Waals surface area contributed by atoms with E-state index in [4.69, 9.17) is 0 Å². The van der Waals surface area contributed by atoms with Crippen LogP contribution in [0.2, 0.25) is 0 Å². The lowest BCUT2D eigenvalue weighted by molar-refractivity contribution is 0.0534. The predicted molar refractivity (Wildman–Crippen MR) is 103 cm³/mol. The summed E-state index contributed by atoms with van der Waals surface area (Å²) in [5, 5.41) is 13.7. The first-order chi connectivity index (χ1) is 12.1. The minimum absolute atomic E-state index is 0.223. The quantitative estimate of drug-likeness (QED) is 0.805. The van der Waals surface area contributed by atoms with Crippen molar-refractivity contribution in [2.45, 2.75) is 31.9 Å². The van der Waals surface area contributed by atoms with Crippen LogP contribution in [0, 0.1) is 18.7 Å². The van der Waals surface area contributed by atoms with Crippen molar-refractivity contribution in [3.8, 4) is 12.8 Å². The van der Waals surface area contributed by atoms with E-state index in [1.165, 1.54) is 17.7 Å². The minimum atomic E-state index is -0.594. The van der Waals surface area contributed by atoms with Crippen molar-refractivity contribution >= 4 is 0 Å². The van der Waals surface area contributed by atoms with Gasteiger partial charge in [0.25, 0.3) is 0 Å². The average Bonchev–Trinajstić information content (AvgIpc) is 2.69. The Balaban J connectivity index is 0.00000151. The van der Waals surface area contributed by atoms with Gasteiger partial charge in [-0.3, -0.25) is 4.90 Å². The van der Waals surface area contributed by atoms with Crippen LogP contribution in [0.1, 0.15) is 31.4 Å². The summed E-state index contributed by atoms with van der Waals surface area (Å²) in [4.78, 5) is 2.26. The van der Waals surface area contributed by atoms with E-state index in [1.807, 2.05) is 13.1 Å². The van der Waals surface area contributed by atoms with E-state index in [0.717, 1.165) is 31.5 Å². The van der Waals surface area contributed by atoms with Gasteiger partial charge in [0, 0.05) is 13.1 Å². The molecule has 0 amide bonds. The van der Waals surface area contributed by atoms with E-state index in [1.54, 1.807) is 6.07 Å². The van der Waals surface area contributed by atoms with Gasteiger partial charge >= 0.3 is 0 Å². The Hall–Kier alpha value is -1.93. The normalized spacial score (nSPS) is 21.3. The van der Waals surface area contributed by atoms with Crippen LogP contribution in [0.25, 0.3) is 0 Å². The lowest BCUT2D eigenvalue weighted by Gasteiger charge is -2.35. The van der Waals surface area contributed by atoms with Gasteiger partial charge in [0.2, 0.25) is 0 Å². The lowest BCUT2D eigenvalue weighted by Crippen LogP contribution is -2.42. The molecule has 0 aliphatic carbocycles. The highest BCUT2D eigenvalue weighted by Crippen LogP contribution is 2.27. The van der Waals surface area contributed by atoms with Gasteiger partial charge in [-0.15, -0.1) is 12.8 Å². The third kappa shape index (κ3) is 6.83. The van der Waals surface area contributed by atoms with Gasteiger partial charge in [-0.05, 0) is 51.1 Å². The molecule has 1 aliphatic rings. The summed E-state index contributed by atoms with van der Waals surface area (Å²) in [5.41, 5.74) is 2.06. The fourth-order valence-corrected chi connectivity index (χ4v) is 3.12. The number of nitrogens with one attached hydrogen (secondary N) is 1. The fraction of sp³-hybridized carbons (Fsp3) is 0.429. The molecule has 0 bridgehead atoms. The van der Waals surface area contributed by atoms with Crippen LogP contribution in [-0.4, -0.2) is 42.8 Å². The molecule has 1 heterocycles. The molecule has 0 saturated carbocycles. The van der Waals surface area contributed by atoms with Crippen molar-refractivity contribution in [3.63, 3.8) is 0 Å². The zero-order chi connectivity index (χ0) is 18.7. The molecular weight excluding hydrogens is 315 g/mol. The first kappa shape index (κ1) is 21.1. The Morgan fingerprint density at radius 1 is 1.36 bits per heavy atom. The van der Waals surface area contributed by atoms with Crippen LogP contribution in [0.5, 0.6) is 0 Å². The molecular formula is C21H29FN2O. The Kier molecular flexibility index (Phi) is 9.79. The number of likely N-dealkylation sites (N-methyl/N-ethyl adjacent to an activating group) is 1. The molecule has 136 valence electrons. The number of aliphatic hydroxyl groups excluding tert-OH is 1. The van der Waals surface area contributed by atoms with Gasteiger partial charge in [-0.25, -0.2) is 4.39 Å². The van der Waals surface area contributed by atoms with Gasteiger partial charge < -0.3 is 10.4 Å². The minimum Gasteiger partial charge on any atom is -0.390 e. The van der Waals surface area contributed by atoms with Gasteiger partial charge in [-0.2, -0.15) is 0 Å². The van der Waals surface area contributed by atoms with E-state index in [9.17, 15) is 9.50 Å². The molecule has 25 heavy (non-hydrogen) atoms. The Labute approximate surface area is 151 Å². The van der Waals surface area contributed by atoms with E-state index >= 15 is 0 Å². The summed E-state index contributed by atoms with van der Waals surface area (Å²) in [7, 11) is 1.82. The number of allylic oxidation sites excluding steroid dienone is 3. The summed E-state index contributed by atoms with van der Waals surface area (Å²) in [6, 6.07) is 6.37. The molecule has 1 aromatic carbocycles. The fourth-order valence-electron chi connectivity index (χ4n) is 3.12. The maximum absolute atomic E-state index is 13.7. The number of terminal acetylenes is 1. The SMILES string of the molecule is C#C.CNCC(O)C(c1cccc(F)c1)N1CCC/C=C\C=C(\C)C1. The number of benzene rings is 1. The second kappa shape index (κ2) is 11.6. The van der Waals surface area contributed by atoms with Gasteiger partial charge in [-0.1, -0.05) is 35.9 Å². The summed E-state index contributed by atoms with van der Waals surface area (Å²) in [6.07, 6.45) is 15.8. The van der Waals surface area contributed by atoms with Crippen molar-refractivity contribution in [2.24, 2.45) is 0 Å². The van der Waals surface area contributed by atoms with E-state index in [-0.39, 0.29) is 11.9 Å². The number of halogens is 1. The van der Waals surface area contributed by atoms with Gasteiger partial charge in [0.15, 0.2) is 0 Å². The van der Waals surface area contributed by atoms with Crippen molar-refractivity contribution < 1.29 is 9.50 Å². The number of rotatable bonds is 5. The highest BCUT2D eigenvalue weighted by atomic mass is 19.1. The predicted octanol–water partition coefficient (Wildman–Crippen LogP) is 3.29. The molecule has 0 aromatic heterocycles. The van der Waals surface area contributed by atoms with Crippen LogP contribution in [0.15, 0.2) is 48.1 Å². The van der Waals surface area contributed by atoms with Crippen LogP contribution < -0.4 is 5.32 Å². The van der Waals surface area contributed by atoms with Crippen LogP contribution in [-0.2, 0) is 0 Å². The number of nitrogens with zero attached hydrogens (tertiary/aromatic N) is 1. The molecule has 2 rings (SSSR count). The largest absolute Gasteiger partial charge is 0.390 e. The molecule has 2 unspecified atom stereocenters. The first-order valence-electron chi connectivity index (χ1n) is 8.59. The maximum atomic E-state index is 13.7. The second-order valence-electron chi connectivity index (χ2n) is 6.18. The standard InChI is InChI=1S/C19H27FN2O.C2H2/c1-15-8-5-3-4-6-11-22(14-15)19(18(23)13-21-2)16-9-7-10-17(20)12-16;1-2/h3,5,7-10,12,18-19,21,23H,4,6,11,13-14H2,1-2H3;1-2H/b5-3-,15-8-;. The summed E-state index contributed by atoms with van der Waals surface area (Å²) >= 11 is 0. The molecule has 3 nitrogen and oxygen atoms in total. The third-order valence-corrected chi connectivity index (χ3v) is 4.15. The molecule has 1 aromatic rings. The molecule has 0 saturated heterocycles. The molecule has 0 radical (unpaired) electrons. The average molecular weight is 344 g/mol. The highest BCUT2D eigenvalue weighted by Gasteiger charge is 2.27. The van der Waals surface area contributed by atoms with Crippen molar-refractivity contribution in [3.05, 3.63) is 59.4 Å². The molecule has 2 atom stereocenters. The highest BCUT2D eigenvalue weighted by molar-refractivity contribution is 5.23. The molecule has 0 fully saturated rings. The summed E-state index contributed by atoms with van der Waals surface area (Å²) < 4.78 is 13.7. The number of hydrogen-bond donors (Lipinski definition) is 2. The van der Waals surface area contributed by atoms with Crippen molar-refractivity contribution in [1.82, 2.24) is 10.2 Å². The Bertz CT molecular complexity index is 595. The van der Waals surface area contributed by atoms with Gasteiger partial charge in [0.1, 0.15) is 5.82 Å². The van der Waals surface area contributed by atoms with Crippen molar-refractivity contribution in [1.29, 1.82) is 0 Å². The monoisotopic (exact) mass is 344 g/mol.